The van der Waals surface area contributed by atoms with Crippen LogP contribution in [0.1, 0.15) is 30.4 Å². The zero-order valence-corrected chi connectivity index (χ0v) is 11.7. The van der Waals surface area contributed by atoms with E-state index in [0.29, 0.717) is 30.4 Å². The fraction of sp³-hybridized carbons (Fsp3) is 0.429. The van der Waals surface area contributed by atoms with E-state index in [9.17, 15) is 10.2 Å². The molecule has 2 N–H and O–H groups in total. The van der Waals surface area contributed by atoms with Crippen LogP contribution < -0.4 is 0 Å². The molecule has 1 atom stereocenters. The van der Waals surface area contributed by atoms with Crippen molar-refractivity contribution in [2.75, 3.05) is 13.1 Å². The standard InChI is InChI=1S/C14H19N3O3/c1-3-17(9-14-16-15-10(2)20-14)8-13(19)11-5-4-6-12(18)7-11/h4-7,13,18-19H,3,8-9H2,1-2H3. The first-order valence-corrected chi connectivity index (χ1v) is 6.56. The van der Waals surface area contributed by atoms with Gasteiger partial charge in [0.25, 0.3) is 0 Å². The normalized spacial score (nSPS) is 12.8. The Morgan fingerprint density at radius 1 is 1.35 bits per heavy atom. The second kappa shape index (κ2) is 6.49. The van der Waals surface area contributed by atoms with E-state index in [4.69, 9.17) is 4.42 Å². The molecule has 6 nitrogen and oxygen atoms in total. The van der Waals surface area contributed by atoms with Crippen molar-refractivity contribution < 1.29 is 14.6 Å². The minimum absolute atomic E-state index is 0.150. The van der Waals surface area contributed by atoms with E-state index in [2.05, 4.69) is 10.2 Å². The number of likely N-dealkylation sites (N-methyl/N-ethyl adjacent to an activating group) is 1. The summed E-state index contributed by atoms with van der Waals surface area (Å²) >= 11 is 0. The van der Waals surface area contributed by atoms with Gasteiger partial charge >= 0.3 is 0 Å². The highest BCUT2D eigenvalue weighted by atomic mass is 16.4. The number of aromatic hydroxyl groups is 1. The van der Waals surface area contributed by atoms with E-state index < -0.39 is 6.10 Å². The zero-order valence-electron chi connectivity index (χ0n) is 11.7. The third kappa shape index (κ3) is 3.79. The van der Waals surface area contributed by atoms with Gasteiger partial charge in [0.15, 0.2) is 0 Å². The SMILES string of the molecule is CCN(Cc1nnc(C)o1)CC(O)c1cccc(O)c1. The fourth-order valence-corrected chi connectivity index (χ4v) is 1.98. The van der Waals surface area contributed by atoms with Gasteiger partial charge in [-0.1, -0.05) is 19.1 Å². The van der Waals surface area contributed by atoms with Crippen LogP contribution in [0.4, 0.5) is 0 Å². The Morgan fingerprint density at radius 2 is 2.15 bits per heavy atom. The lowest BCUT2D eigenvalue weighted by atomic mass is 10.1. The van der Waals surface area contributed by atoms with Gasteiger partial charge in [-0.15, -0.1) is 10.2 Å². The molecule has 0 amide bonds. The molecule has 0 spiro atoms. The molecule has 0 fully saturated rings. The van der Waals surface area contributed by atoms with Gasteiger partial charge in [-0.25, -0.2) is 0 Å². The van der Waals surface area contributed by atoms with E-state index in [-0.39, 0.29) is 5.75 Å². The Balaban J connectivity index is 1.98. The molecule has 0 saturated heterocycles. The molecule has 0 bridgehead atoms. The average molecular weight is 277 g/mol. The third-order valence-corrected chi connectivity index (χ3v) is 3.06. The van der Waals surface area contributed by atoms with Crippen molar-refractivity contribution >= 4 is 0 Å². The van der Waals surface area contributed by atoms with Crippen LogP contribution >= 0.6 is 0 Å². The molecule has 0 aliphatic heterocycles. The van der Waals surface area contributed by atoms with Crippen molar-refractivity contribution in [1.82, 2.24) is 15.1 Å². The monoisotopic (exact) mass is 277 g/mol. The van der Waals surface area contributed by atoms with Gasteiger partial charge in [-0.3, -0.25) is 4.90 Å². The van der Waals surface area contributed by atoms with E-state index in [1.165, 1.54) is 0 Å². The number of aryl methyl sites for hydroxylation is 1. The van der Waals surface area contributed by atoms with Gasteiger partial charge < -0.3 is 14.6 Å². The van der Waals surface area contributed by atoms with Crippen LogP contribution in [-0.2, 0) is 6.54 Å². The van der Waals surface area contributed by atoms with Gasteiger partial charge in [0.1, 0.15) is 5.75 Å². The van der Waals surface area contributed by atoms with Crippen molar-refractivity contribution in [2.45, 2.75) is 26.5 Å². The summed E-state index contributed by atoms with van der Waals surface area (Å²) in [6.45, 7) is 5.42. The summed E-state index contributed by atoms with van der Waals surface area (Å²) in [7, 11) is 0. The minimum atomic E-state index is -0.675. The van der Waals surface area contributed by atoms with E-state index >= 15 is 0 Å². The van der Waals surface area contributed by atoms with Crippen LogP contribution in [0.5, 0.6) is 5.75 Å². The van der Waals surface area contributed by atoms with Crippen LogP contribution in [0.15, 0.2) is 28.7 Å². The van der Waals surface area contributed by atoms with E-state index in [1.807, 2.05) is 11.8 Å². The molecule has 6 heteroatoms. The van der Waals surface area contributed by atoms with Crippen LogP contribution in [0.3, 0.4) is 0 Å². The summed E-state index contributed by atoms with van der Waals surface area (Å²) in [6.07, 6.45) is -0.675. The maximum Gasteiger partial charge on any atom is 0.230 e. The molecule has 0 aliphatic rings. The topological polar surface area (TPSA) is 82.6 Å². The number of hydrogen-bond acceptors (Lipinski definition) is 6. The predicted octanol–water partition coefficient (Wildman–Crippen LogP) is 1.64. The summed E-state index contributed by atoms with van der Waals surface area (Å²) in [5, 5.41) is 27.4. The second-order valence-corrected chi connectivity index (χ2v) is 4.65. The molecule has 1 aromatic carbocycles. The Morgan fingerprint density at radius 3 is 2.75 bits per heavy atom. The number of rotatable bonds is 6. The smallest absolute Gasteiger partial charge is 0.230 e. The van der Waals surface area contributed by atoms with Crippen molar-refractivity contribution in [2.24, 2.45) is 0 Å². The first-order chi connectivity index (χ1) is 9.58. The lowest BCUT2D eigenvalue weighted by Gasteiger charge is -2.22. The number of hydrogen-bond donors (Lipinski definition) is 2. The number of nitrogens with zero attached hydrogens (tertiary/aromatic N) is 3. The van der Waals surface area contributed by atoms with Crippen molar-refractivity contribution in [3.05, 3.63) is 41.6 Å². The number of benzene rings is 1. The second-order valence-electron chi connectivity index (χ2n) is 4.65. The number of phenols is 1. The molecule has 2 rings (SSSR count). The summed E-state index contributed by atoms with van der Waals surface area (Å²) < 4.78 is 5.34. The van der Waals surface area contributed by atoms with E-state index in [1.54, 1.807) is 31.2 Å². The number of phenolic OH excluding ortho intramolecular Hbond substituents is 1. The number of aliphatic hydroxyl groups is 1. The summed E-state index contributed by atoms with van der Waals surface area (Å²) in [5.74, 6) is 1.22. The van der Waals surface area contributed by atoms with Crippen LogP contribution in [0, 0.1) is 6.92 Å². The van der Waals surface area contributed by atoms with Gasteiger partial charge in [0.05, 0.1) is 12.6 Å². The molecule has 0 saturated carbocycles. The van der Waals surface area contributed by atoms with Gasteiger partial charge in [-0.2, -0.15) is 0 Å². The van der Waals surface area contributed by atoms with Crippen molar-refractivity contribution in [3.8, 4) is 5.75 Å². The Labute approximate surface area is 117 Å². The quantitative estimate of drug-likeness (QED) is 0.835. The highest BCUT2D eigenvalue weighted by molar-refractivity contribution is 5.28. The lowest BCUT2D eigenvalue weighted by molar-refractivity contribution is 0.107. The molecule has 0 radical (unpaired) electrons. The first kappa shape index (κ1) is 14.5. The molecular formula is C14H19N3O3. The summed E-state index contributed by atoms with van der Waals surface area (Å²) in [4.78, 5) is 2.00. The maximum atomic E-state index is 10.2. The number of aliphatic hydroxyl groups excluding tert-OH is 1. The third-order valence-electron chi connectivity index (χ3n) is 3.06. The maximum absolute atomic E-state index is 10.2. The largest absolute Gasteiger partial charge is 0.508 e. The van der Waals surface area contributed by atoms with E-state index in [0.717, 1.165) is 6.54 Å². The van der Waals surface area contributed by atoms with Crippen molar-refractivity contribution in [1.29, 1.82) is 0 Å². The minimum Gasteiger partial charge on any atom is -0.508 e. The number of aromatic nitrogens is 2. The van der Waals surface area contributed by atoms with Gasteiger partial charge in [0, 0.05) is 13.5 Å². The van der Waals surface area contributed by atoms with Crippen LogP contribution in [-0.4, -0.2) is 38.4 Å². The fourth-order valence-electron chi connectivity index (χ4n) is 1.98. The van der Waals surface area contributed by atoms with Crippen LogP contribution in [0.25, 0.3) is 0 Å². The lowest BCUT2D eigenvalue weighted by Crippen LogP contribution is -2.28. The molecular weight excluding hydrogens is 258 g/mol. The molecule has 2 aromatic rings. The molecule has 1 heterocycles. The molecule has 20 heavy (non-hydrogen) atoms. The molecule has 1 unspecified atom stereocenters. The molecule has 0 aliphatic carbocycles. The van der Waals surface area contributed by atoms with Crippen molar-refractivity contribution in [3.63, 3.8) is 0 Å². The zero-order chi connectivity index (χ0) is 14.5. The van der Waals surface area contributed by atoms with Gasteiger partial charge in [0.2, 0.25) is 11.8 Å². The Bertz CT molecular complexity index is 556. The summed E-state index contributed by atoms with van der Waals surface area (Å²) in [6, 6.07) is 6.64. The predicted molar refractivity (Wildman–Crippen MR) is 73.1 cm³/mol. The average Bonchev–Trinajstić information content (AvgIpc) is 2.83. The summed E-state index contributed by atoms with van der Waals surface area (Å²) in [5.41, 5.74) is 0.685. The molecule has 108 valence electrons. The highest BCUT2D eigenvalue weighted by Gasteiger charge is 2.15. The molecule has 1 aromatic heterocycles. The highest BCUT2D eigenvalue weighted by Crippen LogP contribution is 2.19. The Hall–Kier alpha value is -1.92. The first-order valence-electron chi connectivity index (χ1n) is 6.56. The van der Waals surface area contributed by atoms with Crippen LogP contribution in [0.2, 0.25) is 0 Å². The Kier molecular flexibility index (Phi) is 4.70. The van der Waals surface area contributed by atoms with Gasteiger partial charge in [-0.05, 0) is 24.2 Å².